The van der Waals surface area contributed by atoms with Gasteiger partial charge >= 0.3 is 5.97 Å². The monoisotopic (exact) mass is 331 g/mol. The Balaban J connectivity index is 2.08. The van der Waals surface area contributed by atoms with Crippen LogP contribution in [-0.4, -0.2) is 11.1 Å². The van der Waals surface area contributed by atoms with Crippen LogP contribution in [0.5, 0.6) is 0 Å². The fourth-order valence-corrected chi connectivity index (χ4v) is 3.02. The van der Waals surface area contributed by atoms with Crippen molar-refractivity contribution in [3.8, 4) is 0 Å². The van der Waals surface area contributed by atoms with E-state index in [0.717, 1.165) is 11.1 Å². The molecule has 3 rings (SSSR count). The number of nitrogens with one attached hydrogen (secondary N) is 1. The van der Waals surface area contributed by atoms with Crippen LogP contribution in [-0.2, 0) is 16.9 Å². The van der Waals surface area contributed by atoms with Gasteiger partial charge in [-0.2, -0.15) is 0 Å². The van der Waals surface area contributed by atoms with E-state index in [2.05, 4.69) is 5.32 Å². The van der Waals surface area contributed by atoms with Crippen molar-refractivity contribution < 1.29 is 9.90 Å². The molecule has 1 atom stereocenters. The predicted molar refractivity (Wildman–Crippen MR) is 99.3 cm³/mol. The number of carboxylic acid groups (broad SMARTS) is 1. The van der Waals surface area contributed by atoms with Gasteiger partial charge in [-0.1, -0.05) is 90.5 Å². The quantitative estimate of drug-likeness (QED) is 0.714. The highest BCUT2D eigenvalue weighted by Gasteiger charge is 2.41. The highest BCUT2D eigenvalue weighted by Crippen LogP contribution is 2.31. The first-order chi connectivity index (χ1) is 12.1. The minimum Gasteiger partial charge on any atom is -0.479 e. The normalized spacial score (nSPS) is 13.2. The second-order valence-corrected chi connectivity index (χ2v) is 6.13. The van der Waals surface area contributed by atoms with Gasteiger partial charge in [-0.3, -0.25) is 5.32 Å². The van der Waals surface area contributed by atoms with Crippen LogP contribution in [0.2, 0.25) is 0 Å². The van der Waals surface area contributed by atoms with Gasteiger partial charge in [-0.25, -0.2) is 4.79 Å². The number of carboxylic acids is 1. The number of carbonyl (C=O) groups is 1. The molecule has 0 aliphatic rings. The van der Waals surface area contributed by atoms with Gasteiger partial charge in [-0.15, -0.1) is 0 Å². The van der Waals surface area contributed by atoms with E-state index in [1.165, 1.54) is 0 Å². The van der Waals surface area contributed by atoms with Crippen LogP contribution < -0.4 is 5.32 Å². The lowest BCUT2D eigenvalue weighted by atomic mass is 9.82. The van der Waals surface area contributed by atoms with E-state index in [1.807, 2.05) is 91.9 Å². The molecule has 25 heavy (non-hydrogen) atoms. The Kier molecular flexibility index (Phi) is 4.96. The maximum absolute atomic E-state index is 12.5. The van der Waals surface area contributed by atoms with Crippen molar-refractivity contribution in [2.24, 2.45) is 0 Å². The molecule has 0 radical (unpaired) electrons. The van der Waals surface area contributed by atoms with Crippen LogP contribution >= 0.6 is 0 Å². The third kappa shape index (κ3) is 3.47. The van der Waals surface area contributed by atoms with Gasteiger partial charge in [0.1, 0.15) is 0 Å². The summed E-state index contributed by atoms with van der Waals surface area (Å²) < 4.78 is 0. The first-order valence-corrected chi connectivity index (χ1v) is 8.28. The smallest absolute Gasteiger partial charge is 0.333 e. The van der Waals surface area contributed by atoms with Gasteiger partial charge in [0.05, 0.1) is 0 Å². The van der Waals surface area contributed by atoms with Crippen LogP contribution in [0.15, 0.2) is 84.9 Å². The molecular formula is C22H21NO2. The molecule has 0 heterocycles. The summed E-state index contributed by atoms with van der Waals surface area (Å²) >= 11 is 0. The highest BCUT2D eigenvalue weighted by atomic mass is 16.4. The van der Waals surface area contributed by atoms with Gasteiger partial charge in [0.15, 0.2) is 5.54 Å². The van der Waals surface area contributed by atoms with Gasteiger partial charge in [0.25, 0.3) is 0 Å². The van der Waals surface area contributed by atoms with E-state index in [4.69, 9.17) is 0 Å². The predicted octanol–water partition coefficient (Wildman–Crippen LogP) is 4.11. The summed E-state index contributed by atoms with van der Waals surface area (Å²) in [5.41, 5.74) is 2.26. The van der Waals surface area contributed by atoms with Crippen molar-refractivity contribution in [3.63, 3.8) is 0 Å². The fourth-order valence-electron chi connectivity index (χ4n) is 3.02. The Morgan fingerprint density at radius 1 is 0.840 bits per heavy atom. The average molecular weight is 331 g/mol. The summed E-state index contributed by atoms with van der Waals surface area (Å²) in [6.07, 6.45) is 0. The zero-order chi connectivity index (χ0) is 17.7. The number of benzene rings is 3. The number of hydrogen-bond acceptors (Lipinski definition) is 2. The summed E-state index contributed by atoms with van der Waals surface area (Å²) in [5, 5.41) is 13.5. The molecule has 2 N–H and O–H groups in total. The molecule has 0 saturated heterocycles. The maximum Gasteiger partial charge on any atom is 0.333 e. The Labute approximate surface area is 148 Å². The minimum atomic E-state index is -1.30. The second kappa shape index (κ2) is 7.32. The number of hydrogen-bond donors (Lipinski definition) is 2. The molecule has 3 heteroatoms. The second-order valence-electron chi connectivity index (χ2n) is 6.13. The molecule has 0 bridgehead atoms. The van der Waals surface area contributed by atoms with E-state index in [-0.39, 0.29) is 0 Å². The molecule has 1 unspecified atom stereocenters. The molecule has 3 nitrogen and oxygen atoms in total. The fraction of sp³-hybridized carbons (Fsp3) is 0.136. The standard InChI is InChI=1S/C22H21NO2/c1-17-12-14-20(15-13-17)22(21(24)25,19-10-6-3-7-11-19)23-16-18-8-4-2-5-9-18/h2-15,23H,16H2,1H3,(H,24,25). The third-order valence-corrected chi connectivity index (χ3v) is 4.41. The molecule has 0 fully saturated rings. The highest BCUT2D eigenvalue weighted by molar-refractivity contribution is 5.85. The van der Waals surface area contributed by atoms with Crippen molar-refractivity contribution in [1.82, 2.24) is 5.32 Å². The van der Waals surface area contributed by atoms with Crippen molar-refractivity contribution in [2.45, 2.75) is 19.0 Å². The molecule has 0 aliphatic heterocycles. The largest absolute Gasteiger partial charge is 0.479 e. The van der Waals surface area contributed by atoms with Crippen LogP contribution in [0.3, 0.4) is 0 Å². The summed E-state index contributed by atoms with van der Waals surface area (Å²) in [5.74, 6) is -0.918. The van der Waals surface area contributed by atoms with Crippen molar-refractivity contribution >= 4 is 5.97 Å². The number of rotatable bonds is 6. The molecule has 126 valence electrons. The lowest BCUT2D eigenvalue weighted by Crippen LogP contribution is -2.49. The van der Waals surface area contributed by atoms with Gasteiger partial charge < -0.3 is 5.11 Å². The van der Waals surface area contributed by atoms with Gasteiger partial charge in [-0.05, 0) is 23.6 Å². The first kappa shape index (κ1) is 16.9. The Hall–Kier alpha value is -2.91. The molecule has 0 aromatic heterocycles. The summed E-state index contributed by atoms with van der Waals surface area (Å²) in [6, 6.07) is 26.8. The van der Waals surface area contributed by atoms with Crippen molar-refractivity contribution in [2.75, 3.05) is 0 Å². The van der Waals surface area contributed by atoms with Gasteiger partial charge in [0.2, 0.25) is 0 Å². The Morgan fingerprint density at radius 3 is 1.92 bits per heavy atom. The number of aliphatic carboxylic acids is 1. The molecule has 0 amide bonds. The summed E-state index contributed by atoms with van der Waals surface area (Å²) in [7, 11) is 0. The topological polar surface area (TPSA) is 49.3 Å². The van der Waals surface area contributed by atoms with E-state index >= 15 is 0 Å². The molecule has 0 spiro atoms. The third-order valence-electron chi connectivity index (χ3n) is 4.41. The molecule has 0 saturated carbocycles. The first-order valence-electron chi connectivity index (χ1n) is 8.28. The zero-order valence-corrected chi connectivity index (χ0v) is 14.1. The Morgan fingerprint density at radius 2 is 1.36 bits per heavy atom. The van der Waals surface area contributed by atoms with Crippen molar-refractivity contribution in [1.29, 1.82) is 0 Å². The average Bonchev–Trinajstić information content (AvgIpc) is 2.65. The zero-order valence-electron chi connectivity index (χ0n) is 14.1. The van der Waals surface area contributed by atoms with Crippen LogP contribution in [0.4, 0.5) is 0 Å². The molecule has 0 aliphatic carbocycles. The molecule has 3 aromatic carbocycles. The van der Waals surface area contributed by atoms with Crippen LogP contribution in [0.25, 0.3) is 0 Å². The molecule has 3 aromatic rings. The Bertz CT molecular complexity index is 829. The number of aryl methyl sites for hydroxylation is 1. The minimum absolute atomic E-state index is 0.454. The van der Waals surface area contributed by atoms with Crippen LogP contribution in [0.1, 0.15) is 22.3 Å². The lowest BCUT2D eigenvalue weighted by Gasteiger charge is -2.32. The van der Waals surface area contributed by atoms with Gasteiger partial charge in [0, 0.05) is 6.54 Å². The SMILES string of the molecule is Cc1ccc(C(NCc2ccccc2)(C(=O)O)c2ccccc2)cc1. The molecular weight excluding hydrogens is 310 g/mol. The maximum atomic E-state index is 12.5. The van der Waals surface area contributed by atoms with E-state index in [0.29, 0.717) is 17.7 Å². The van der Waals surface area contributed by atoms with Crippen LogP contribution in [0, 0.1) is 6.92 Å². The summed E-state index contributed by atoms with van der Waals surface area (Å²) in [4.78, 5) is 12.5. The van der Waals surface area contributed by atoms with E-state index in [9.17, 15) is 9.90 Å². The summed E-state index contributed by atoms with van der Waals surface area (Å²) in [6.45, 7) is 2.45. The lowest BCUT2D eigenvalue weighted by molar-refractivity contribution is -0.143. The van der Waals surface area contributed by atoms with E-state index in [1.54, 1.807) is 0 Å². The van der Waals surface area contributed by atoms with E-state index < -0.39 is 11.5 Å². The van der Waals surface area contributed by atoms with Crippen molar-refractivity contribution in [3.05, 3.63) is 107 Å².